The van der Waals surface area contributed by atoms with Gasteiger partial charge in [-0.3, -0.25) is 0 Å². The van der Waals surface area contributed by atoms with E-state index < -0.39 is 0 Å². The summed E-state index contributed by atoms with van der Waals surface area (Å²) in [6.45, 7) is 5.11. The molecule has 3 nitrogen and oxygen atoms in total. The lowest BCUT2D eigenvalue weighted by Gasteiger charge is -2.31. The molecule has 0 saturated carbocycles. The largest absolute Gasteiger partial charge is 0.412 e. The van der Waals surface area contributed by atoms with Crippen LogP contribution in [0.15, 0.2) is 0 Å². The zero-order chi connectivity index (χ0) is 7.71. The van der Waals surface area contributed by atoms with Crippen LogP contribution in [0.4, 0.5) is 0 Å². The van der Waals surface area contributed by atoms with E-state index in [1.165, 1.54) is 0 Å². The molecule has 0 aliphatic heterocycles. The second-order valence-corrected chi connectivity index (χ2v) is 4.44. The fourth-order valence-corrected chi connectivity index (χ4v) is 1.22. The highest BCUT2D eigenvalue weighted by atomic mass is 16.0. The molecule has 0 radical (unpaired) electrons. The second kappa shape index (κ2) is 3.32. The maximum atomic E-state index is 5.81. The van der Waals surface area contributed by atoms with Gasteiger partial charge < -0.3 is 15.7 Å². The number of quaternary nitrogens is 1. The van der Waals surface area contributed by atoms with Crippen molar-refractivity contribution in [3.63, 3.8) is 0 Å². The fraction of sp³-hybridized carbons (Fsp3) is 1.00. The normalized spacial score (nSPS) is 12.6. The zero-order valence-corrected chi connectivity index (χ0v) is 7.73. The molecule has 0 fully saturated rings. The van der Waals surface area contributed by atoms with E-state index >= 15 is 0 Å². The average molecular weight is 149 g/mol. The van der Waals surface area contributed by atoms with Crippen molar-refractivity contribution in [2.45, 2.75) is 19.4 Å². The van der Waals surface area contributed by atoms with Crippen LogP contribution in [0.1, 0.15) is 13.8 Å². The minimum absolute atomic E-state index is 0. The van der Waals surface area contributed by atoms with E-state index in [0.29, 0.717) is 0 Å². The number of rotatable bonds is 2. The highest BCUT2D eigenvalue weighted by Gasteiger charge is 2.20. The molecule has 10 heavy (non-hydrogen) atoms. The predicted octanol–water partition coefficient (Wildman–Crippen LogP) is -0.395. The highest BCUT2D eigenvalue weighted by molar-refractivity contribution is 4.69. The van der Waals surface area contributed by atoms with E-state index in [1.807, 2.05) is 0 Å². The Bertz CT molecular complexity index is 76.8. The third-order valence-electron chi connectivity index (χ3n) is 0.882. The summed E-state index contributed by atoms with van der Waals surface area (Å²) in [7, 11) is 6.44. The average Bonchev–Trinajstić information content (AvgIpc) is 1.14. The van der Waals surface area contributed by atoms with Gasteiger partial charge in [0.2, 0.25) is 0 Å². The van der Waals surface area contributed by atoms with Crippen LogP contribution in [-0.4, -0.2) is 43.2 Å². The minimum Gasteiger partial charge on any atom is -0.412 e. The first-order valence-corrected chi connectivity index (χ1v) is 3.30. The molecule has 0 aliphatic carbocycles. The lowest BCUT2D eigenvalue weighted by molar-refractivity contribution is -0.873. The van der Waals surface area contributed by atoms with Gasteiger partial charge in [-0.05, 0) is 13.8 Å². The molecule has 0 atom stereocenters. The van der Waals surface area contributed by atoms with Crippen LogP contribution in [0.5, 0.6) is 0 Å². The standard InChI is InChI=1S/C7H19N2.H2O/c1-7(2,8)6-9(3,4)5;/h6,8H2,1-5H3;1H2/q+1;. The molecule has 0 amide bonds. The zero-order valence-electron chi connectivity index (χ0n) is 7.73. The molecular weight excluding hydrogens is 128 g/mol. The monoisotopic (exact) mass is 149 g/mol. The first-order valence-electron chi connectivity index (χ1n) is 3.30. The van der Waals surface area contributed by atoms with Crippen molar-refractivity contribution in [3.8, 4) is 0 Å². The first kappa shape index (κ1) is 12.5. The molecule has 0 aromatic rings. The van der Waals surface area contributed by atoms with E-state index in [2.05, 4.69) is 35.0 Å². The Labute approximate surface area is 63.7 Å². The third-order valence-corrected chi connectivity index (χ3v) is 0.882. The summed E-state index contributed by atoms with van der Waals surface area (Å²) in [5.41, 5.74) is 5.76. The third kappa shape index (κ3) is 10.8. The molecule has 0 unspecified atom stereocenters. The lowest BCUT2D eigenvalue weighted by atomic mass is 10.1. The summed E-state index contributed by atoms with van der Waals surface area (Å²) < 4.78 is 0.934. The van der Waals surface area contributed by atoms with Crippen LogP contribution in [0.2, 0.25) is 0 Å². The molecule has 0 spiro atoms. The van der Waals surface area contributed by atoms with E-state index in [9.17, 15) is 0 Å². The lowest BCUT2D eigenvalue weighted by Crippen LogP contribution is -2.50. The SMILES string of the molecule is CC(C)(N)C[N+](C)(C)C.O. The van der Waals surface area contributed by atoms with Crippen LogP contribution in [0.3, 0.4) is 0 Å². The van der Waals surface area contributed by atoms with E-state index in [0.717, 1.165) is 11.0 Å². The number of hydrogen-bond donors (Lipinski definition) is 1. The number of hydrogen-bond acceptors (Lipinski definition) is 1. The van der Waals surface area contributed by atoms with Gasteiger partial charge in [-0.2, -0.15) is 0 Å². The maximum Gasteiger partial charge on any atom is 0.0957 e. The van der Waals surface area contributed by atoms with Crippen LogP contribution >= 0.6 is 0 Å². The number of nitrogens with zero attached hydrogens (tertiary/aromatic N) is 1. The summed E-state index contributed by atoms with van der Waals surface area (Å²) in [5.74, 6) is 0. The highest BCUT2D eigenvalue weighted by Crippen LogP contribution is 2.02. The van der Waals surface area contributed by atoms with Gasteiger partial charge in [-0.1, -0.05) is 0 Å². The Morgan fingerprint density at radius 3 is 1.50 bits per heavy atom. The summed E-state index contributed by atoms with van der Waals surface area (Å²) in [6, 6.07) is 0. The van der Waals surface area contributed by atoms with Crippen molar-refractivity contribution in [2.75, 3.05) is 27.7 Å². The molecule has 0 aliphatic rings. The molecule has 64 valence electrons. The summed E-state index contributed by atoms with van der Waals surface area (Å²) >= 11 is 0. The molecule has 0 aromatic heterocycles. The van der Waals surface area contributed by atoms with Gasteiger partial charge in [0.1, 0.15) is 0 Å². The van der Waals surface area contributed by atoms with Crippen molar-refractivity contribution in [3.05, 3.63) is 0 Å². The smallest absolute Gasteiger partial charge is 0.0957 e. The number of nitrogens with two attached hydrogens (primary N) is 1. The van der Waals surface area contributed by atoms with E-state index in [-0.39, 0.29) is 11.0 Å². The Kier molecular flexibility index (Phi) is 4.17. The predicted molar refractivity (Wildman–Crippen MR) is 44.8 cm³/mol. The van der Waals surface area contributed by atoms with Crippen molar-refractivity contribution in [1.82, 2.24) is 0 Å². The molecule has 0 heterocycles. The fourth-order valence-electron chi connectivity index (χ4n) is 1.22. The first-order chi connectivity index (χ1) is 3.71. The molecule has 0 bridgehead atoms. The van der Waals surface area contributed by atoms with Gasteiger partial charge in [0, 0.05) is 0 Å². The van der Waals surface area contributed by atoms with Gasteiger partial charge >= 0.3 is 0 Å². The molecular formula is C7H21N2O+. The van der Waals surface area contributed by atoms with Gasteiger partial charge in [0.15, 0.2) is 0 Å². The maximum absolute atomic E-state index is 5.81. The van der Waals surface area contributed by atoms with Gasteiger partial charge in [0.05, 0.1) is 33.2 Å². The summed E-state index contributed by atoms with van der Waals surface area (Å²) in [6.07, 6.45) is 0. The van der Waals surface area contributed by atoms with Gasteiger partial charge in [0.25, 0.3) is 0 Å². The molecule has 0 rings (SSSR count). The molecule has 3 heteroatoms. The van der Waals surface area contributed by atoms with Crippen molar-refractivity contribution in [1.29, 1.82) is 0 Å². The Balaban J connectivity index is 0. The molecule has 0 aromatic carbocycles. The Morgan fingerprint density at radius 2 is 1.50 bits per heavy atom. The van der Waals surface area contributed by atoms with Crippen LogP contribution in [0, 0.1) is 0 Å². The van der Waals surface area contributed by atoms with Gasteiger partial charge in [-0.25, -0.2) is 0 Å². The van der Waals surface area contributed by atoms with Crippen LogP contribution in [-0.2, 0) is 0 Å². The van der Waals surface area contributed by atoms with Crippen molar-refractivity contribution < 1.29 is 9.96 Å². The molecule has 0 saturated heterocycles. The van der Waals surface area contributed by atoms with Crippen molar-refractivity contribution >= 4 is 0 Å². The second-order valence-electron chi connectivity index (χ2n) is 4.44. The number of likely N-dealkylation sites (N-methyl/N-ethyl adjacent to an activating group) is 1. The van der Waals surface area contributed by atoms with Crippen LogP contribution in [0.25, 0.3) is 0 Å². The Morgan fingerprint density at radius 1 is 1.20 bits per heavy atom. The van der Waals surface area contributed by atoms with Crippen LogP contribution < -0.4 is 5.73 Å². The quantitative estimate of drug-likeness (QED) is 0.534. The van der Waals surface area contributed by atoms with Crippen molar-refractivity contribution in [2.24, 2.45) is 5.73 Å². The van der Waals surface area contributed by atoms with E-state index in [4.69, 9.17) is 5.73 Å². The van der Waals surface area contributed by atoms with E-state index in [1.54, 1.807) is 0 Å². The Hall–Kier alpha value is -0.120. The summed E-state index contributed by atoms with van der Waals surface area (Å²) in [5, 5.41) is 0. The topological polar surface area (TPSA) is 57.5 Å². The van der Waals surface area contributed by atoms with Gasteiger partial charge in [-0.15, -0.1) is 0 Å². The summed E-state index contributed by atoms with van der Waals surface area (Å²) in [4.78, 5) is 0. The minimum atomic E-state index is -0.0434. The molecule has 4 N–H and O–H groups in total.